The van der Waals surface area contributed by atoms with Crippen molar-refractivity contribution in [3.05, 3.63) is 71.5 Å². The summed E-state index contributed by atoms with van der Waals surface area (Å²) in [6.07, 6.45) is 0.760. The summed E-state index contributed by atoms with van der Waals surface area (Å²) in [5.41, 5.74) is 1.98. The molecule has 1 heterocycles. The van der Waals surface area contributed by atoms with E-state index in [2.05, 4.69) is 29.3 Å². The predicted molar refractivity (Wildman–Crippen MR) is 107 cm³/mol. The Morgan fingerprint density at radius 3 is 2.48 bits per heavy atom. The number of Topliss-reactive ketones (excluding diaryl/α,β-unsaturated/α-hetero) is 1. The number of benzene rings is 2. The van der Waals surface area contributed by atoms with Gasteiger partial charge >= 0.3 is 0 Å². The first-order chi connectivity index (χ1) is 13.1. The maximum absolute atomic E-state index is 12.3. The van der Waals surface area contributed by atoms with Gasteiger partial charge in [-0.2, -0.15) is 0 Å². The first-order valence-corrected chi connectivity index (χ1v) is 9.93. The van der Waals surface area contributed by atoms with Crippen LogP contribution in [0.2, 0.25) is 0 Å². The first-order valence-electron chi connectivity index (χ1n) is 8.94. The maximum atomic E-state index is 12.3. The molecule has 27 heavy (non-hydrogen) atoms. The fourth-order valence-corrected chi connectivity index (χ4v) is 3.52. The number of hydrogen-bond acceptors (Lipinski definition) is 5. The molecule has 0 radical (unpaired) electrons. The van der Waals surface area contributed by atoms with Gasteiger partial charge in [-0.25, -0.2) is 0 Å². The van der Waals surface area contributed by atoms with Gasteiger partial charge in [0.25, 0.3) is 0 Å². The maximum Gasteiger partial charge on any atom is 0.191 e. The van der Waals surface area contributed by atoms with Crippen molar-refractivity contribution in [1.82, 2.24) is 14.8 Å². The third kappa shape index (κ3) is 4.77. The van der Waals surface area contributed by atoms with E-state index in [4.69, 9.17) is 4.74 Å². The SMILES string of the molecule is CCc1ccc(O[C@H](C)c2nnc(SCC(=O)c3ccccc3)n2C)cc1. The number of nitrogens with zero attached hydrogens (tertiary/aromatic N) is 3. The lowest BCUT2D eigenvalue weighted by molar-refractivity contribution is 0.102. The van der Waals surface area contributed by atoms with E-state index in [1.165, 1.54) is 17.3 Å². The molecule has 140 valence electrons. The lowest BCUT2D eigenvalue weighted by Crippen LogP contribution is -2.10. The number of thioether (sulfide) groups is 1. The van der Waals surface area contributed by atoms with E-state index in [1.54, 1.807) is 0 Å². The fourth-order valence-electron chi connectivity index (χ4n) is 2.70. The van der Waals surface area contributed by atoms with Crippen LogP contribution in [0.25, 0.3) is 0 Å². The highest BCUT2D eigenvalue weighted by Crippen LogP contribution is 2.24. The molecule has 0 aliphatic rings. The zero-order chi connectivity index (χ0) is 19.2. The van der Waals surface area contributed by atoms with Crippen molar-refractivity contribution >= 4 is 17.5 Å². The average molecular weight is 382 g/mol. The highest BCUT2D eigenvalue weighted by atomic mass is 32.2. The van der Waals surface area contributed by atoms with Gasteiger partial charge in [0.1, 0.15) is 5.75 Å². The van der Waals surface area contributed by atoms with E-state index in [1.807, 2.05) is 61.0 Å². The summed E-state index contributed by atoms with van der Waals surface area (Å²) in [7, 11) is 1.89. The lowest BCUT2D eigenvalue weighted by atomic mass is 10.2. The van der Waals surface area contributed by atoms with Gasteiger partial charge in [-0.3, -0.25) is 4.79 Å². The molecule has 0 saturated carbocycles. The van der Waals surface area contributed by atoms with Crippen molar-refractivity contribution in [2.45, 2.75) is 31.5 Å². The van der Waals surface area contributed by atoms with Gasteiger partial charge in [-0.15, -0.1) is 10.2 Å². The standard InChI is InChI=1S/C21H23N3O2S/c1-4-16-10-12-18(13-11-16)26-15(2)20-22-23-21(24(20)3)27-14-19(25)17-8-6-5-7-9-17/h5-13,15H,4,14H2,1-3H3/t15-/m1/s1. The lowest BCUT2D eigenvalue weighted by Gasteiger charge is -2.14. The molecule has 3 rings (SSSR count). The van der Waals surface area contributed by atoms with Crippen molar-refractivity contribution in [2.24, 2.45) is 7.05 Å². The minimum absolute atomic E-state index is 0.0745. The van der Waals surface area contributed by atoms with Crippen molar-refractivity contribution in [2.75, 3.05) is 5.75 Å². The van der Waals surface area contributed by atoms with Crippen LogP contribution in [-0.4, -0.2) is 26.3 Å². The zero-order valence-electron chi connectivity index (χ0n) is 15.8. The molecule has 0 N–H and O–H groups in total. The summed E-state index contributed by atoms with van der Waals surface area (Å²) in [4.78, 5) is 12.3. The Morgan fingerprint density at radius 1 is 1.11 bits per heavy atom. The third-order valence-corrected chi connectivity index (χ3v) is 5.33. The van der Waals surface area contributed by atoms with Gasteiger partial charge in [-0.05, 0) is 31.0 Å². The van der Waals surface area contributed by atoms with Gasteiger partial charge in [0.15, 0.2) is 22.9 Å². The van der Waals surface area contributed by atoms with E-state index in [0.717, 1.165) is 18.0 Å². The molecule has 0 spiro atoms. The Labute approximate surface area is 163 Å². The van der Waals surface area contributed by atoms with E-state index >= 15 is 0 Å². The molecular formula is C21H23N3O2S. The molecule has 0 bridgehead atoms. The van der Waals surface area contributed by atoms with Crippen LogP contribution in [-0.2, 0) is 13.5 Å². The number of ether oxygens (including phenoxy) is 1. The van der Waals surface area contributed by atoms with Crippen molar-refractivity contribution in [3.8, 4) is 5.75 Å². The highest BCUT2D eigenvalue weighted by molar-refractivity contribution is 7.99. The number of rotatable bonds is 8. The monoisotopic (exact) mass is 381 g/mol. The number of ketones is 1. The second kappa shape index (κ2) is 8.86. The molecule has 0 unspecified atom stereocenters. The first kappa shape index (κ1) is 19.2. The van der Waals surface area contributed by atoms with Crippen molar-refractivity contribution in [3.63, 3.8) is 0 Å². The van der Waals surface area contributed by atoms with Crippen LogP contribution in [0.1, 0.15) is 41.7 Å². The van der Waals surface area contributed by atoms with Crippen molar-refractivity contribution < 1.29 is 9.53 Å². The second-order valence-corrected chi connectivity index (χ2v) is 7.18. The molecule has 6 heteroatoms. The van der Waals surface area contributed by atoms with Gasteiger partial charge in [-0.1, -0.05) is 61.2 Å². The van der Waals surface area contributed by atoms with Crippen LogP contribution in [0.3, 0.4) is 0 Å². The molecule has 5 nitrogen and oxygen atoms in total. The highest BCUT2D eigenvalue weighted by Gasteiger charge is 2.18. The molecule has 0 amide bonds. The summed E-state index contributed by atoms with van der Waals surface area (Å²) in [5, 5.41) is 9.17. The summed E-state index contributed by atoms with van der Waals surface area (Å²) >= 11 is 1.38. The van der Waals surface area contributed by atoms with Gasteiger partial charge in [0.05, 0.1) is 5.75 Å². The Hall–Kier alpha value is -2.60. The fraction of sp³-hybridized carbons (Fsp3) is 0.286. The summed E-state index contributed by atoms with van der Waals surface area (Å²) in [5.74, 6) is 1.93. The average Bonchev–Trinajstić information content (AvgIpc) is 3.08. The van der Waals surface area contributed by atoms with Crippen molar-refractivity contribution in [1.29, 1.82) is 0 Å². The van der Waals surface area contributed by atoms with Crippen LogP contribution in [0.4, 0.5) is 0 Å². The van der Waals surface area contributed by atoms with Crippen LogP contribution in [0.5, 0.6) is 5.75 Å². The third-order valence-electron chi connectivity index (χ3n) is 4.30. The molecule has 1 atom stereocenters. The molecule has 2 aromatic carbocycles. The Morgan fingerprint density at radius 2 is 1.81 bits per heavy atom. The topological polar surface area (TPSA) is 57.0 Å². The number of hydrogen-bond donors (Lipinski definition) is 0. The van der Waals surface area contributed by atoms with Crippen LogP contribution in [0.15, 0.2) is 59.8 Å². The molecule has 0 saturated heterocycles. The van der Waals surface area contributed by atoms with Gasteiger partial charge in [0, 0.05) is 12.6 Å². The smallest absolute Gasteiger partial charge is 0.191 e. The molecule has 3 aromatic rings. The quantitative estimate of drug-likeness (QED) is 0.425. The number of carbonyl (C=O) groups is 1. The van der Waals surface area contributed by atoms with Gasteiger partial charge in [0.2, 0.25) is 0 Å². The van der Waals surface area contributed by atoms with E-state index in [0.29, 0.717) is 16.5 Å². The van der Waals surface area contributed by atoms with Crippen LogP contribution >= 0.6 is 11.8 Å². The minimum atomic E-state index is -0.242. The van der Waals surface area contributed by atoms with Gasteiger partial charge < -0.3 is 9.30 Å². The molecule has 0 fully saturated rings. The Balaban J connectivity index is 1.62. The van der Waals surface area contributed by atoms with E-state index < -0.39 is 0 Å². The Kier molecular flexibility index (Phi) is 6.29. The number of carbonyl (C=O) groups excluding carboxylic acids is 1. The second-order valence-electron chi connectivity index (χ2n) is 6.24. The largest absolute Gasteiger partial charge is 0.483 e. The summed E-state index contributed by atoms with van der Waals surface area (Å²) < 4.78 is 7.87. The van der Waals surface area contributed by atoms with E-state index in [9.17, 15) is 4.79 Å². The molecule has 1 aromatic heterocycles. The summed E-state index contributed by atoms with van der Waals surface area (Å²) in [6.45, 7) is 4.07. The molecular weight excluding hydrogens is 358 g/mol. The van der Waals surface area contributed by atoms with E-state index in [-0.39, 0.29) is 11.9 Å². The Bertz CT molecular complexity index is 892. The normalized spacial score (nSPS) is 12.0. The van der Waals surface area contributed by atoms with Crippen LogP contribution in [0, 0.1) is 0 Å². The zero-order valence-corrected chi connectivity index (χ0v) is 16.6. The molecule has 0 aliphatic carbocycles. The molecule has 0 aliphatic heterocycles. The van der Waals surface area contributed by atoms with Crippen LogP contribution < -0.4 is 4.74 Å². The number of aryl methyl sites for hydroxylation is 1. The minimum Gasteiger partial charge on any atom is -0.483 e. The number of aromatic nitrogens is 3. The summed E-state index contributed by atoms with van der Waals surface area (Å²) in [6, 6.07) is 17.4. The predicted octanol–water partition coefficient (Wildman–Crippen LogP) is 4.49.